The smallest absolute Gasteiger partial charge is 0.433 e. The second kappa shape index (κ2) is 8.51. The minimum absolute atomic E-state index is 0.0185. The Bertz CT molecular complexity index is 1170. The van der Waals surface area contributed by atoms with Crippen LogP contribution in [0.25, 0.3) is 16.9 Å². The van der Waals surface area contributed by atoms with E-state index in [4.69, 9.17) is 14.7 Å². The fraction of sp³-hybridized carbons (Fsp3) is 0.300. The van der Waals surface area contributed by atoms with Gasteiger partial charge in [-0.3, -0.25) is 4.79 Å². The second-order valence-corrected chi connectivity index (χ2v) is 6.52. The molecule has 0 aliphatic heterocycles. The molecule has 3 aromatic rings. The van der Waals surface area contributed by atoms with Gasteiger partial charge in [0.05, 0.1) is 38.6 Å². The molecule has 0 radical (unpaired) electrons. The third kappa shape index (κ3) is 4.23. The Morgan fingerprint density at radius 2 is 1.94 bits per heavy atom. The van der Waals surface area contributed by atoms with Gasteiger partial charge in [0.2, 0.25) is 0 Å². The molecule has 0 aliphatic carbocycles. The van der Waals surface area contributed by atoms with Gasteiger partial charge in [-0.2, -0.15) is 23.5 Å². The van der Waals surface area contributed by atoms with E-state index >= 15 is 0 Å². The molecule has 0 fully saturated rings. The van der Waals surface area contributed by atoms with Crippen LogP contribution in [0, 0.1) is 11.3 Å². The van der Waals surface area contributed by atoms with Crippen LogP contribution < -0.4 is 9.47 Å². The van der Waals surface area contributed by atoms with Gasteiger partial charge < -0.3 is 14.4 Å². The Hall–Kier alpha value is -3.81. The number of aromatic nitrogens is 3. The number of nitrogens with zero attached hydrogens (tertiary/aromatic N) is 5. The van der Waals surface area contributed by atoms with Gasteiger partial charge in [-0.05, 0) is 24.3 Å². The molecule has 1 aromatic carbocycles. The Balaban J connectivity index is 2.20. The molecule has 0 aliphatic rings. The van der Waals surface area contributed by atoms with E-state index in [-0.39, 0.29) is 29.9 Å². The summed E-state index contributed by atoms with van der Waals surface area (Å²) in [7, 11) is 4.30. The molecule has 3 rings (SSSR count). The number of carbonyl (C=O) groups is 1. The summed E-state index contributed by atoms with van der Waals surface area (Å²) in [4.78, 5) is 18.2. The van der Waals surface area contributed by atoms with Crippen molar-refractivity contribution in [2.45, 2.75) is 12.6 Å². The molecule has 8 nitrogen and oxygen atoms in total. The summed E-state index contributed by atoms with van der Waals surface area (Å²) in [5.74, 6) is 0.134. The van der Waals surface area contributed by atoms with Crippen LogP contribution in [0.4, 0.5) is 13.2 Å². The predicted molar refractivity (Wildman–Crippen MR) is 104 cm³/mol. The Kier molecular flexibility index (Phi) is 6.01. The van der Waals surface area contributed by atoms with Crippen molar-refractivity contribution in [2.24, 2.45) is 0 Å². The van der Waals surface area contributed by atoms with Crippen LogP contribution in [-0.2, 0) is 6.18 Å². The van der Waals surface area contributed by atoms with Crippen LogP contribution in [0.5, 0.6) is 11.5 Å². The summed E-state index contributed by atoms with van der Waals surface area (Å²) in [5, 5.41) is 12.4. The number of amides is 1. The molecule has 162 valence electrons. The highest BCUT2D eigenvalue weighted by Gasteiger charge is 2.36. The van der Waals surface area contributed by atoms with Gasteiger partial charge in [0.15, 0.2) is 22.8 Å². The molecule has 0 saturated heterocycles. The molecule has 1 amide bonds. The van der Waals surface area contributed by atoms with Gasteiger partial charge in [-0.25, -0.2) is 9.50 Å². The molecule has 0 spiro atoms. The zero-order chi connectivity index (χ0) is 22.8. The predicted octanol–water partition coefficient (Wildman–Crippen LogP) is 3.42. The standard InChI is InChI=1S/C20H18F3N5O3/c1-27(8-4-7-24)19(29)13-11-25-28-17(20(21,22)23)10-14(26-18(13)28)12-5-6-15(30-2)16(9-12)31-3/h5-6,9-11H,4,8H2,1-3H3. The minimum atomic E-state index is -4.74. The first-order chi connectivity index (χ1) is 14.7. The van der Waals surface area contributed by atoms with Crippen molar-refractivity contribution in [3.63, 3.8) is 0 Å². The van der Waals surface area contributed by atoms with Crippen LogP contribution in [0.1, 0.15) is 22.5 Å². The molecule has 0 bridgehead atoms. The topological polar surface area (TPSA) is 92.8 Å². The molecule has 0 saturated carbocycles. The zero-order valence-electron chi connectivity index (χ0n) is 16.9. The first-order valence-electron chi connectivity index (χ1n) is 9.02. The van der Waals surface area contributed by atoms with Crippen molar-refractivity contribution in [3.05, 3.63) is 41.7 Å². The summed E-state index contributed by atoms with van der Waals surface area (Å²) in [5.41, 5.74) is -1.11. The SMILES string of the molecule is COc1ccc(-c2cc(C(F)(F)F)n3ncc(C(=O)N(C)CCC#N)c3n2)cc1OC. The molecule has 11 heteroatoms. The number of alkyl halides is 3. The Morgan fingerprint density at radius 3 is 2.55 bits per heavy atom. The molecule has 2 heterocycles. The first-order valence-corrected chi connectivity index (χ1v) is 9.02. The number of carbonyl (C=O) groups excluding carboxylic acids is 1. The lowest BCUT2D eigenvalue weighted by atomic mass is 10.1. The van der Waals surface area contributed by atoms with Crippen LogP contribution in [-0.4, -0.2) is 53.2 Å². The molecule has 0 N–H and O–H groups in total. The number of fused-ring (bicyclic) bond motifs is 1. The van der Waals surface area contributed by atoms with E-state index in [1.54, 1.807) is 6.07 Å². The number of halogens is 3. The fourth-order valence-corrected chi connectivity index (χ4v) is 2.98. The summed E-state index contributed by atoms with van der Waals surface area (Å²) in [6.07, 6.45) is -3.62. The van der Waals surface area contributed by atoms with E-state index < -0.39 is 17.8 Å². The zero-order valence-corrected chi connectivity index (χ0v) is 16.9. The Morgan fingerprint density at radius 1 is 1.23 bits per heavy atom. The lowest BCUT2D eigenvalue weighted by molar-refractivity contribution is -0.142. The van der Waals surface area contributed by atoms with Crippen molar-refractivity contribution < 1.29 is 27.4 Å². The number of hydrogen-bond acceptors (Lipinski definition) is 6. The van der Waals surface area contributed by atoms with Crippen LogP contribution >= 0.6 is 0 Å². The van der Waals surface area contributed by atoms with Crippen molar-refractivity contribution in [3.8, 4) is 28.8 Å². The van der Waals surface area contributed by atoms with Gasteiger partial charge in [0.25, 0.3) is 5.91 Å². The molecule has 31 heavy (non-hydrogen) atoms. The van der Waals surface area contributed by atoms with E-state index in [1.165, 1.54) is 38.3 Å². The van der Waals surface area contributed by atoms with Gasteiger partial charge in [-0.15, -0.1) is 0 Å². The largest absolute Gasteiger partial charge is 0.493 e. The lowest BCUT2D eigenvalue weighted by Crippen LogP contribution is -2.27. The number of methoxy groups -OCH3 is 2. The fourth-order valence-electron chi connectivity index (χ4n) is 2.98. The molecule has 0 unspecified atom stereocenters. The minimum Gasteiger partial charge on any atom is -0.493 e. The second-order valence-electron chi connectivity index (χ2n) is 6.52. The third-order valence-electron chi connectivity index (χ3n) is 4.58. The van der Waals surface area contributed by atoms with Crippen LogP contribution in [0.3, 0.4) is 0 Å². The normalized spacial score (nSPS) is 11.3. The van der Waals surface area contributed by atoms with E-state index in [9.17, 15) is 18.0 Å². The van der Waals surface area contributed by atoms with E-state index in [0.717, 1.165) is 12.3 Å². The van der Waals surface area contributed by atoms with E-state index in [0.29, 0.717) is 21.6 Å². The summed E-state index contributed by atoms with van der Waals surface area (Å²) < 4.78 is 52.2. The number of benzene rings is 1. The molecular weight excluding hydrogens is 415 g/mol. The summed E-state index contributed by atoms with van der Waals surface area (Å²) in [6, 6.07) is 7.35. The lowest BCUT2D eigenvalue weighted by Gasteiger charge is -2.15. The van der Waals surface area contributed by atoms with Crippen LogP contribution in [0.2, 0.25) is 0 Å². The van der Waals surface area contributed by atoms with Crippen molar-refractivity contribution in [1.29, 1.82) is 5.26 Å². The van der Waals surface area contributed by atoms with E-state index in [1.807, 2.05) is 6.07 Å². The number of ether oxygens (including phenoxy) is 2. The average Bonchev–Trinajstić information content (AvgIpc) is 3.18. The highest BCUT2D eigenvalue weighted by Crippen LogP contribution is 2.35. The first kappa shape index (κ1) is 21.9. The summed E-state index contributed by atoms with van der Waals surface area (Å²) >= 11 is 0. The van der Waals surface area contributed by atoms with Gasteiger partial charge in [-0.1, -0.05) is 0 Å². The number of rotatable bonds is 6. The monoisotopic (exact) mass is 433 g/mol. The summed E-state index contributed by atoms with van der Waals surface area (Å²) in [6.45, 7) is 0.119. The molecule has 2 aromatic heterocycles. The quantitative estimate of drug-likeness (QED) is 0.592. The third-order valence-corrected chi connectivity index (χ3v) is 4.58. The van der Waals surface area contributed by atoms with Gasteiger partial charge in [0, 0.05) is 19.2 Å². The van der Waals surface area contributed by atoms with Crippen molar-refractivity contribution in [2.75, 3.05) is 27.8 Å². The average molecular weight is 433 g/mol. The number of nitriles is 1. The van der Waals surface area contributed by atoms with Gasteiger partial charge >= 0.3 is 6.18 Å². The maximum Gasteiger partial charge on any atom is 0.433 e. The van der Waals surface area contributed by atoms with Crippen molar-refractivity contribution >= 4 is 11.6 Å². The van der Waals surface area contributed by atoms with Crippen molar-refractivity contribution in [1.82, 2.24) is 19.5 Å². The molecule has 0 atom stereocenters. The highest BCUT2D eigenvalue weighted by molar-refractivity contribution is 5.99. The highest BCUT2D eigenvalue weighted by atomic mass is 19.4. The Labute approximate surface area is 175 Å². The van der Waals surface area contributed by atoms with Gasteiger partial charge in [0.1, 0.15) is 5.56 Å². The van der Waals surface area contributed by atoms with E-state index in [2.05, 4.69) is 10.1 Å². The maximum atomic E-state index is 13.7. The van der Waals surface area contributed by atoms with Crippen LogP contribution in [0.15, 0.2) is 30.5 Å². The maximum absolute atomic E-state index is 13.7. The molecular formula is C20H18F3N5O3. The number of hydrogen-bond donors (Lipinski definition) is 0.